The molecule has 0 radical (unpaired) electrons. The Morgan fingerprint density at radius 2 is 1.94 bits per heavy atom. The summed E-state index contributed by atoms with van der Waals surface area (Å²) in [6.07, 6.45) is 0. The van der Waals surface area contributed by atoms with Crippen LogP contribution in [0.15, 0.2) is 16.3 Å². The Hall–Kier alpha value is -0.140. The summed E-state index contributed by atoms with van der Waals surface area (Å²) in [4.78, 5) is 0. The summed E-state index contributed by atoms with van der Waals surface area (Å²) >= 11 is 6.91. The number of thiophene rings is 1. The van der Waals surface area contributed by atoms with Crippen molar-refractivity contribution in [3.8, 4) is 0 Å². The van der Waals surface area contributed by atoms with Crippen LogP contribution < -0.4 is 5.32 Å². The molecular formula is C10H15ClN2O2S2. The highest BCUT2D eigenvalue weighted by Crippen LogP contribution is 2.30. The van der Waals surface area contributed by atoms with E-state index in [0.717, 1.165) is 11.3 Å². The van der Waals surface area contributed by atoms with Crippen molar-refractivity contribution in [1.29, 1.82) is 0 Å². The number of rotatable bonds is 2. The van der Waals surface area contributed by atoms with E-state index in [1.165, 1.54) is 0 Å². The van der Waals surface area contributed by atoms with Crippen LogP contribution in [0.1, 0.15) is 13.8 Å². The standard InChI is InChI=1S/C10H15ClN2O2S2/c1-7-5-12-6-8(2)13(7)17(14,15)10-4-3-9(11)16-10/h3-4,7-8,12H,5-6H2,1-2H3. The average molecular weight is 295 g/mol. The van der Waals surface area contributed by atoms with Crippen LogP contribution in [0.3, 0.4) is 0 Å². The summed E-state index contributed by atoms with van der Waals surface area (Å²) in [5, 5.41) is 3.21. The lowest BCUT2D eigenvalue weighted by atomic mass is 10.2. The third-order valence-electron chi connectivity index (χ3n) is 2.83. The molecule has 7 heteroatoms. The molecule has 2 heterocycles. The summed E-state index contributed by atoms with van der Waals surface area (Å²) in [7, 11) is -3.41. The first-order valence-corrected chi connectivity index (χ1v) is 8.06. The van der Waals surface area contributed by atoms with Crippen LogP contribution in [0.5, 0.6) is 0 Å². The van der Waals surface area contributed by atoms with E-state index >= 15 is 0 Å². The summed E-state index contributed by atoms with van der Waals surface area (Å²) < 4.78 is 27.3. The summed E-state index contributed by atoms with van der Waals surface area (Å²) in [6, 6.07) is 3.12. The van der Waals surface area contributed by atoms with Gasteiger partial charge >= 0.3 is 0 Å². The van der Waals surface area contributed by atoms with E-state index < -0.39 is 10.0 Å². The number of sulfonamides is 1. The summed E-state index contributed by atoms with van der Waals surface area (Å²) in [6.45, 7) is 5.19. The van der Waals surface area contributed by atoms with Gasteiger partial charge in [-0.2, -0.15) is 4.31 Å². The maximum Gasteiger partial charge on any atom is 0.253 e. The lowest BCUT2D eigenvalue weighted by Crippen LogP contribution is -2.56. The van der Waals surface area contributed by atoms with E-state index in [0.29, 0.717) is 21.6 Å². The zero-order valence-corrected chi connectivity index (χ0v) is 12.1. The molecule has 0 amide bonds. The second-order valence-corrected chi connectivity index (χ2v) is 8.03. The third-order valence-corrected chi connectivity index (χ3v) is 6.66. The smallest absolute Gasteiger partial charge is 0.253 e. The molecular weight excluding hydrogens is 280 g/mol. The van der Waals surface area contributed by atoms with Gasteiger partial charge < -0.3 is 5.32 Å². The minimum Gasteiger partial charge on any atom is -0.314 e. The fraction of sp³-hybridized carbons (Fsp3) is 0.600. The molecule has 1 aliphatic rings. The number of halogens is 1. The van der Waals surface area contributed by atoms with Crippen molar-refractivity contribution in [3.63, 3.8) is 0 Å². The van der Waals surface area contributed by atoms with E-state index in [1.54, 1.807) is 16.4 Å². The topological polar surface area (TPSA) is 49.4 Å². The molecule has 0 aliphatic carbocycles. The van der Waals surface area contributed by atoms with Gasteiger partial charge in [0.15, 0.2) is 0 Å². The minimum atomic E-state index is -3.41. The number of nitrogens with one attached hydrogen (secondary N) is 1. The zero-order valence-electron chi connectivity index (χ0n) is 9.68. The summed E-state index contributed by atoms with van der Waals surface area (Å²) in [5.74, 6) is 0. The molecule has 1 aromatic heterocycles. The van der Waals surface area contributed by atoms with Crippen LogP contribution in [0, 0.1) is 0 Å². The van der Waals surface area contributed by atoms with Crippen molar-refractivity contribution in [3.05, 3.63) is 16.5 Å². The van der Waals surface area contributed by atoms with Crippen LogP contribution in [0.4, 0.5) is 0 Å². The molecule has 0 saturated carbocycles. The third kappa shape index (κ3) is 2.51. The Morgan fingerprint density at radius 1 is 1.35 bits per heavy atom. The van der Waals surface area contributed by atoms with Crippen molar-refractivity contribution in [1.82, 2.24) is 9.62 Å². The van der Waals surface area contributed by atoms with Gasteiger partial charge in [-0.1, -0.05) is 11.6 Å². The normalized spacial score (nSPS) is 27.2. The molecule has 1 aromatic rings. The quantitative estimate of drug-likeness (QED) is 0.904. The largest absolute Gasteiger partial charge is 0.314 e. The predicted molar refractivity (Wildman–Crippen MR) is 70.1 cm³/mol. The van der Waals surface area contributed by atoms with Gasteiger partial charge in [0, 0.05) is 25.2 Å². The van der Waals surface area contributed by atoms with Gasteiger partial charge in [0.25, 0.3) is 10.0 Å². The summed E-state index contributed by atoms with van der Waals surface area (Å²) in [5.41, 5.74) is 0. The van der Waals surface area contributed by atoms with Crippen LogP contribution in [0.25, 0.3) is 0 Å². The molecule has 1 fully saturated rings. The Bertz CT molecular complexity index is 490. The number of piperazine rings is 1. The fourth-order valence-electron chi connectivity index (χ4n) is 2.13. The molecule has 1 N–H and O–H groups in total. The zero-order chi connectivity index (χ0) is 12.6. The first-order valence-electron chi connectivity index (χ1n) is 5.42. The Morgan fingerprint density at radius 3 is 2.41 bits per heavy atom. The number of nitrogens with zero attached hydrogens (tertiary/aromatic N) is 1. The van der Waals surface area contributed by atoms with Crippen molar-refractivity contribution in [2.75, 3.05) is 13.1 Å². The van der Waals surface area contributed by atoms with Crippen LogP contribution in [0.2, 0.25) is 4.34 Å². The molecule has 2 atom stereocenters. The van der Waals surface area contributed by atoms with Gasteiger partial charge in [-0.3, -0.25) is 0 Å². The van der Waals surface area contributed by atoms with E-state index in [4.69, 9.17) is 11.6 Å². The molecule has 96 valence electrons. The maximum absolute atomic E-state index is 12.5. The minimum absolute atomic E-state index is 0.0374. The van der Waals surface area contributed by atoms with Crippen LogP contribution in [-0.4, -0.2) is 37.9 Å². The molecule has 0 bridgehead atoms. The number of hydrogen-bond donors (Lipinski definition) is 1. The lowest BCUT2D eigenvalue weighted by Gasteiger charge is -2.37. The highest BCUT2D eigenvalue weighted by atomic mass is 35.5. The van der Waals surface area contributed by atoms with E-state index in [1.807, 2.05) is 13.8 Å². The van der Waals surface area contributed by atoms with Gasteiger partial charge in [0.2, 0.25) is 0 Å². The van der Waals surface area contributed by atoms with Crippen LogP contribution >= 0.6 is 22.9 Å². The molecule has 1 saturated heterocycles. The molecule has 2 rings (SSSR count). The first-order chi connectivity index (χ1) is 7.93. The molecule has 17 heavy (non-hydrogen) atoms. The molecule has 0 aromatic carbocycles. The van der Waals surface area contributed by atoms with Gasteiger partial charge in [0.1, 0.15) is 4.21 Å². The van der Waals surface area contributed by atoms with Crippen LogP contribution in [-0.2, 0) is 10.0 Å². The second-order valence-electron chi connectivity index (χ2n) is 4.25. The Labute approximate surface area is 111 Å². The van der Waals surface area contributed by atoms with E-state index in [2.05, 4.69) is 5.32 Å². The van der Waals surface area contributed by atoms with Gasteiger partial charge in [-0.05, 0) is 26.0 Å². The maximum atomic E-state index is 12.5. The van der Waals surface area contributed by atoms with E-state index in [-0.39, 0.29) is 12.1 Å². The molecule has 4 nitrogen and oxygen atoms in total. The first kappa shape index (κ1) is 13.3. The van der Waals surface area contributed by atoms with E-state index in [9.17, 15) is 8.42 Å². The van der Waals surface area contributed by atoms with Crippen molar-refractivity contribution in [2.24, 2.45) is 0 Å². The van der Waals surface area contributed by atoms with Gasteiger partial charge in [0.05, 0.1) is 4.34 Å². The molecule has 0 spiro atoms. The van der Waals surface area contributed by atoms with Crippen molar-refractivity contribution >= 4 is 33.0 Å². The second kappa shape index (κ2) is 4.85. The highest BCUT2D eigenvalue weighted by molar-refractivity contribution is 7.91. The van der Waals surface area contributed by atoms with Gasteiger partial charge in [-0.15, -0.1) is 11.3 Å². The average Bonchev–Trinajstić information content (AvgIpc) is 2.64. The Balaban J connectivity index is 2.37. The number of hydrogen-bond acceptors (Lipinski definition) is 4. The van der Waals surface area contributed by atoms with Gasteiger partial charge in [-0.25, -0.2) is 8.42 Å². The molecule has 1 aliphatic heterocycles. The monoisotopic (exact) mass is 294 g/mol. The highest BCUT2D eigenvalue weighted by Gasteiger charge is 2.36. The van der Waals surface area contributed by atoms with Crippen molar-refractivity contribution in [2.45, 2.75) is 30.1 Å². The molecule has 2 unspecified atom stereocenters. The lowest BCUT2D eigenvalue weighted by molar-refractivity contribution is 0.220. The SMILES string of the molecule is CC1CNCC(C)N1S(=O)(=O)c1ccc(Cl)s1. The predicted octanol–water partition coefficient (Wildman–Crippen LogP) is 1.77. The van der Waals surface area contributed by atoms with Crippen molar-refractivity contribution < 1.29 is 8.42 Å². The Kier molecular flexibility index (Phi) is 3.80. The fourth-order valence-corrected chi connectivity index (χ4v) is 5.54.